The van der Waals surface area contributed by atoms with Gasteiger partial charge >= 0.3 is 0 Å². The van der Waals surface area contributed by atoms with E-state index < -0.39 is 0 Å². The van der Waals surface area contributed by atoms with E-state index >= 15 is 0 Å². The molecule has 1 aromatic heterocycles. The van der Waals surface area contributed by atoms with Gasteiger partial charge in [0, 0.05) is 38.5 Å². The molecule has 0 unspecified atom stereocenters. The summed E-state index contributed by atoms with van der Waals surface area (Å²) < 4.78 is 6.70. The number of aromatic amines is 1. The molecule has 26 heavy (non-hydrogen) atoms. The van der Waals surface area contributed by atoms with Gasteiger partial charge in [-0.3, -0.25) is 0 Å². The molecule has 0 saturated heterocycles. The van der Waals surface area contributed by atoms with Crippen molar-refractivity contribution in [1.82, 2.24) is 4.98 Å². The van der Waals surface area contributed by atoms with Crippen molar-refractivity contribution in [2.45, 2.75) is 6.42 Å². The van der Waals surface area contributed by atoms with Crippen molar-refractivity contribution in [3.8, 4) is 5.75 Å². The number of hydrogen-bond donors (Lipinski definition) is 1. The molecule has 0 amide bonds. The SMILES string of the molecule is [N-]=[N+]=NCCOc1cc2[nH]c(C3=Cc4ccc(Br)cc4C3)cc2cc1Cl. The normalized spacial score (nSPS) is 12.6. The second-order valence-electron chi connectivity index (χ2n) is 6.05. The molecular formula is C19H14BrClN4O. The minimum absolute atomic E-state index is 0.265. The fraction of sp³-hybridized carbons (Fsp3) is 0.158. The van der Waals surface area contributed by atoms with Crippen molar-refractivity contribution in [3.63, 3.8) is 0 Å². The predicted molar refractivity (Wildman–Crippen MR) is 109 cm³/mol. The van der Waals surface area contributed by atoms with Crippen LogP contribution in [-0.2, 0) is 6.42 Å². The van der Waals surface area contributed by atoms with Gasteiger partial charge < -0.3 is 9.72 Å². The molecule has 0 spiro atoms. The minimum Gasteiger partial charge on any atom is -0.492 e. The van der Waals surface area contributed by atoms with Crippen LogP contribution in [0, 0.1) is 0 Å². The Hall–Kier alpha value is -2.40. The van der Waals surface area contributed by atoms with E-state index in [0.29, 0.717) is 10.8 Å². The molecule has 0 atom stereocenters. The lowest BCUT2D eigenvalue weighted by atomic mass is 10.1. The summed E-state index contributed by atoms with van der Waals surface area (Å²) in [6, 6.07) is 12.2. The lowest BCUT2D eigenvalue weighted by molar-refractivity contribution is 0.329. The minimum atomic E-state index is 0.265. The first-order valence-corrected chi connectivity index (χ1v) is 9.26. The zero-order valence-electron chi connectivity index (χ0n) is 13.7. The molecule has 5 nitrogen and oxygen atoms in total. The Labute approximate surface area is 163 Å². The molecule has 1 aliphatic rings. The van der Waals surface area contributed by atoms with Gasteiger partial charge in [-0.15, -0.1) is 0 Å². The van der Waals surface area contributed by atoms with Gasteiger partial charge in [-0.2, -0.15) is 0 Å². The fourth-order valence-corrected chi connectivity index (χ4v) is 3.78. The summed E-state index contributed by atoms with van der Waals surface area (Å²) >= 11 is 9.84. The monoisotopic (exact) mass is 428 g/mol. The van der Waals surface area contributed by atoms with Crippen molar-refractivity contribution in [1.29, 1.82) is 0 Å². The third kappa shape index (κ3) is 3.31. The summed E-state index contributed by atoms with van der Waals surface area (Å²) in [7, 11) is 0. The Balaban J connectivity index is 1.61. The smallest absolute Gasteiger partial charge is 0.139 e. The summed E-state index contributed by atoms with van der Waals surface area (Å²) in [6.45, 7) is 0.555. The highest BCUT2D eigenvalue weighted by molar-refractivity contribution is 9.10. The van der Waals surface area contributed by atoms with Gasteiger partial charge in [0.15, 0.2) is 0 Å². The summed E-state index contributed by atoms with van der Waals surface area (Å²) in [5, 5.41) is 5.03. The van der Waals surface area contributed by atoms with Gasteiger partial charge in [0.05, 0.1) is 18.2 Å². The fourth-order valence-electron chi connectivity index (χ4n) is 3.14. The topological polar surface area (TPSA) is 73.8 Å². The van der Waals surface area contributed by atoms with Crippen LogP contribution in [0.15, 0.2) is 46.0 Å². The lowest BCUT2D eigenvalue weighted by Crippen LogP contribution is -2.00. The highest BCUT2D eigenvalue weighted by Gasteiger charge is 2.16. The van der Waals surface area contributed by atoms with E-state index in [1.54, 1.807) is 0 Å². The van der Waals surface area contributed by atoms with Crippen LogP contribution in [0.25, 0.3) is 33.0 Å². The zero-order valence-corrected chi connectivity index (χ0v) is 16.0. The van der Waals surface area contributed by atoms with Crippen LogP contribution in [0.5, 0.6) is 5.75 Å². The predicted octanol–water partition coefficient (Wildman–Crippen LogP) is 6.37. The highest BCUT2D eigenvalue weighted by Crippen LogP contribution is 2.36. The molecule has 1 N–H and O–H groups in total. The Morgan fingerprint density at radius 3 is 3.00 bits per heavy atom. The molecule has 0 fully saturated rings. The lowest BCUT2D eigenvalue weighted by Gasteiger charge is -2.06. The number of halogens is 2. The molecule has 0 radical (unpaired) electrons. The Kier molecular flexibility index (Phi) is 4.64. The first-order valence-electron chi connectivity index (χ1n) is 8.09. The van der Waals surface area contributed by atoms with Gasteiger partial charge in [-0.1, -0.05) is 38.7 Å². The number of hydrogen-bond acceptors (Lipinski definition) is 2. The van der Waals surface area contributed by atoms with Crippen molar-refractivity contribution < 1.29 is 4.74 Å². The van der Waals surface area contributed by atoms with Gasteiger partial charge in [0.25, 0.3) is 0 Å². The maximum absolute atomic E-state index is 8.31. The van der Waals surface area contributed by atoms with Crippen LogP contribution in [-0.4, -0.2) is 18.1 Å². The first-order chi connectivity index (χ1) is 12.6. The number of nitrogens with one attached hydrogen (secondary N) is 1. The molecule has 0 aliphatic heterocycles. The van der Waals surface area contributed by atoms with Crippen molar-refractivity contribution in [2.24, 2.45) is 5.11 Å². The third-order valence-electron chi connectivity index (χ3n) is 4.35. The Morgan fingerprint density at radius 2 is 2.15 bits per heavy atom. The van der Waals surface area contributed by atoms with Gasteiger partial charge in [0.2, 0.25) is 0 Å². The van der Waals surface area contributed by atoms with E-state index in [0.717, 1.165) is 27.5 Å². The molecule has 0 bridgehead atoms. The average Bonchev–Trinajstić information content (AvgIpc) is 3.21. The van der Waals surface area contributed by atoms with E-state index in [2.05, 4.69) is 61.3 Å². The van der Waals surface area contributed by atoms with Crippen molar-refractivity contribution in [3.05, 3.63) is 73.2 Å². The van der Waals surface area contributed by atoms with E-state index in [1.807, 2.05) is 12.1 Å². The largest absolute Gasteiger partial charge is 0.492 e. The molecule has 2 aromatic carbocycles. The number of nitrogens with zero attached hydrogens (tertiary/aromatic N) is 3. The molecular weight excluding hydrogens is 416 g/mol. The van der Waals surface area contributed by atoms with Crippen LogP contribution in [0.2, 0.25) is 5.02 Å². The first kappa shape index (κ1) is 17.0. The van der Waals surface area contributed by atoms with E-state index in [1.165, 1.54) is 16.7 Å². The van der Waals surface area contributed by atoms with Crippen LogP contribution in [0.1, 0.15) is 16.8 Å². The molecule has 130 valence electrons. The second kappa shape index (κ2) is 7.08. The molecule has 3 aromatic rings. The number of fused-ring (bicyclic) bond motifs is 2. The number of ether oxygens (including phenoxy) is 1. The van der Waals surface area contributed by atoms with Gasteiger partial charge in [0.1, 0.15) is 5.75 Å². The Morgan fingerprint density at radius 1 is 1.27 bits per heavy atom. The molecule has 7 heteroatoms. The van der Waals surface area contributed by atoms with Gasteiger partial charge in [-0.05, 0) is 52.6 Å². The Bertz CT molecular complexity index is 1080. The van der Waals surface area contributed by atoms with E-state index in [-0.39, 0.29) is 13.2 Å². The van der Waals surface area contributed by atoms with Crippen LogP contribution < -0.4 is 4.74 Å². The van der Waals surface area contributed by atoms with E-state index in [9.17, 15) is 0 Å². The summed E-state index contributed by atoms with van der Waals surface area (Å²) in [6.07, 6.45) is 3.11. The average molecular weight is 430 g/mol. The molecule has 1 aliphatic carbocycles. The number of rotatable bonds is 5. The standard InChI is InChI=1S/C19H14BrClN4O/c20-15-2-1-11-5-13(6-12(11)7-15)17-9-14-8-16(21)19(10-18(14)24-17)26-4-3-23-25-22/h1-2,5,7-10,24H,3-4,6H2. The van der Waals surface area contributed by atoms with Crippen LogP contribution in [0.4, 0.5) is 0 Å². The number of H-pyrrole nitrogens is 1. The summed E-state index contributed by atoms with van der Waals surface area (Å²) in [5.41, 5.74) is 14.2. The van der Waals surface area contributed by atoms with Gasteiger partial charge in [-0.25, -0.2) is 0 Å². The second-order valence-corrected chi connectivity index (χ2v) is 7.37. The molecule has 1 heterocycles. The van der Waals surface area contributed by atoms with Crippen molar-refractivity contribution >= 4 is 50.1 Å². The molecule has 4 rings (SSSR count). The van der Waals surface area contributed by atoms with Crippen LogP contribution in [0.3, 0.4) is 0 Å². The van der Waals surface area contributed by atoms with E-state index in [4.69, 9.17) is 21.9 Å². The number of aromatic nitrogens is 1. The highest BCUT2D eigenvalue weighted by atomic mass is 79.9. The third-order valence-corrected chi connectivity index (χ3v) is 5.14. The number of allylic oxidation sites excluding steroid dienone is 1. The number of azide groups is 1. The van der Waals surface area contributed by atoms with Crippen LogP contribution >= 0.6 is 27.5 Å². The van der Waals surface area contributed by atoms with Crippen molar-refractivity contribution in [2.75, 3.05) is 13.2 Å². The quantitative estimate of drug-likeness (QED) is 0.217. The molecule has 0 saturated carbocycles. The maximum atomic E-state index is 8.31. The maximum Gasteiger partial charge on any atom is 0.139 e. The zero-order chi connectivity index (χ0) is 18.1. The summed E-state index contributed by atoms with van der Waals surface area (Å²) in [5.74, 6) is 0.577. The number of benzene rings is 2. The summed E-state index contributed by atoms with van der Waals surface area (Å²) in [4.78, 5) is 6.16.